The lowest BCUT2D eigenvalue weighted by Gasteiger charge is -2.18. The molecule has 0 spiro atoms. The highest BCUT2D eigenvalue weighted by Gasteiger charge is 2.17. The second kappa shape index (κ2) is 7.77. The van der Waals surface area contributed by atoms with Crippen LogP contribution in [0.4, 0.5) is 11.4 Å². The van der Waals surface area contributed by atoms with Crippen LogP contribution in [0.5, 0.6) is 5.75 Å². The van der Waals surface area contributed by atoms with Gasteiger partial charge in [0.05, 0.1) is 5.02 Å². The molecule has 1 amide bonds. The average Bonchev–Trinajstić information content (AvgIpc) is 2.51. The standard InChI is InChI=1S/C18H20Cl2N2O2/c1-11-10-13(8-9-15(11)22(3)4)21-18(23)12(2)24-16-7-5-6-14(19)17(16)20/h5-10,12H,1-4H3,(H,21,23). The number of hydrogen-bond acceptors (Lipinski definition) is 3. The molecule has 0 aliphatic carbocycles. The van der Waals surface area contributed by atoms with Gasteiger partial charge in [0.1, 0.15) is 10.8 Å². The van der Waals surface area contributed by atoms with Crippen molar-refractivity contribution in [2.24, 2.45) is 0 Å². The van der Waals surface area contributed by atoms with E-state index in [1.807, 2.05) is 44.1 Å². The highest BCUT2D eigenvalue weighted by molar-refractivity contribution is 6.42. The molecule has 0 fully saturated rings. The van der Waals surface area contributed by atoms with Crippen LogP contribution in [0.2, 0.25) is 10.0 Å². The smallest absolute Gasteiger partial charge is 0.265 e. The van der Waals surface area contributed by atoms with E-state index in [2.05, 4.69) is 5.32 Å². The zero-order valence-corrected chi connectivity index (χ0v) is 15.6. The molecule has 0 aromatic heterocycles. The van der Waals surface area contributed by atoms with Crippen LogP contribution in [0, 0.1) is 6.92 Å². The number of carbonyl (C=O) groups excluding carboxylic acids is 1. The molecular formula is C18H20Cl2N2O2. The molecule has 2 aromatic rings. The van der Waals surface area contributed by atoms with Gasteiger partial charge in [-0.1, -0.05) is 29.3 Å². The SMILES string of the molecule is Cc1cc(NC(=O)C(C)Oc2cccc(Cl)c2Cl)ccc1N(C)C. The van der Waals surface area contributed by atoms with Crippen molar-refractivity contribution in [2.45, 2.75) is 20.0 Å². The van der Waals surface area contributed by atoms with Gasteiger partial charge in [0.2, 0.25) is 0 Å². The highest BCUT2D eigenvalue weighted by Crippen LogP contribution is 2.32. The lowest BCUT2D eigenvalue weighted by molar-refractivity contribution is -0.122. The van der Waals surface area contributed by atoms with E-state index < -0.39 is 6.10 Å². The maximum absolute atomic E-state index is 12.3. The molecule has 0 radical (unpaired) electrons. The van der Waals surface area contributed by atoms with E-state index in [9.17, 15) is 4.79 Å². The Morgan fingerprint density at radius 2 is 1.92 bits per heavy atom. The average molecular weight is 367 g/mol. The first kappa shape index (κ1) is 18.4. The maximum Gasteiger partial charge on any atom is 0.265 e. The first-order chi connectivity index (χ1) is 11.3. The predicted molar refractivity (Wildman–Crippen MR) is 101 cm³/mol. The molecule has 1 N–H and O–H groups in total. The molecule has 2 rings (SSSR count). The molecule has 1 unspecified atom stereocenters. The van der Waals surface area contributed by atoms with E-state index in [-0.39, 0.29) is 5.91 Å². The summed E-state index contributed by atoms with van der Waals surface area (Å²) in [5.41, 5.74) is 2.89. The Kier molecular flexibility index (Phi) is 5.97. The minimum absolute atomic E-state index is 0.261. The fourth-order valence-electron chi connectivity index (χ4n) is 2.30. The van der Waals surface area contributed by atoms with Crippen molar-refractivity contribution in [3.63, 3.8) is 0 Å². The number of nitrogens with zero attached hydrogens (tertiary/aromatic N) is 1. The number of aryl methyl sites for hydroxylation is 1. The minimum Gasteiger partial charge on any atom is -0.479 e. The van der Waals surface area contributed by atoms with E-state index in [1.165, 1.54) is 0 Å². The van der Waals surface area contributed by atoms with Gasteiger partial charge in [-0.2, -0.15) is 0 Å². The third-order valence-corrected chi connectivity index (χ3v) is 4.34. The highest BCUT2D eigenvalue weighted by atomic mass is 35.5. The van der Waals surface area contributed by atoms with Crippen molar-refractivity contribution in [1.82, 2.24) is 0 Å². The van der Waals surface area contributed by atoms with E-state index in [4.69, 9.17) is 27.9 Å². The molecule has 0 aliphatic heterocycles. The summed E-state index contributed by atoms with van der Waals surface area (Å²) in [6.07, 6.45) is -0.713. The van der Waals surface area contributed by atoms with Gasteiger partial charge in [0.15, 0.2) is 6.10 Å². The lowest BCUT2D eigenvalue weighted by Crippen LogP contribution is -2.30. The Hall–Kier alpha value is -1.91. The van der Waals surface area contributed by atoms with E-state index in [0.29, 0.717) is 15.8 Å². The zero-order valence-electron chi connectivity index (χ0n) is 14.1. The number of nitrogens with one attached hydrogen (secondary N) is 1. The molecule has 6 heteroatoms. The maximum atomic E-state index is 12.3. The van der Waals surface area contributed by atoms with Gasteiger partial charge in [-0.05, 0) is 49.7 Å². The lowest BCUT2D eigenvalue weighted by atomic mass is 10.1. The summed E-state index contributed by atoms with van der Waals surface area (Å²) in [6.45, 7) is 3.66. The summed E-state index contributed by atoms with van der Waals surface area (Å²) in [4.78, 5) is 14.3. The summed E-state index contributed by atoms with van der Waals surface area (Å²) in [5.74, 6) is 0.119. The van der Waals surface area contributed by atoms with Gasteiger partial charge in [-0.25, -0.2) is 0 Å². The van der Waals surface area contributed by atoms with E-state index >= 15 is 0 Å². The molecule has 0 bridgehead atoms. The van der Waals surface area contributed by atoms with Crippen LogP contribution < -0.4 is 15.0 Å². The topological polar surface area (TPSA) is 41.6 Å². The summed E-state index contributed by atoms with van der Waals surface area (Å²) < 4.78 is 5.62. The normalized spacial score (nSPS) is 11.8. The predicted octanol–water partition coefficient (Wildman–Crippen LogP) is 4.77. The second-order valence-corrected chi connectivity index (χ2v) is 6.48. The van der Waals surface area contributed by atoms with Gasteiger partial charge in [-0.3, -0.25) is 4.79 Å². The molecule has 1 atom stereocenters. The first-order valence-electron chi connectivity index (χ1n) is 7.49. The quantitative estimate of drug-likeness (QED) is 0.828. The fourth-order valence-corrected chi connectivity index (χ4v) is 2.63. The second-order valence-electron chi connectivity index (χ2n) is 5.70. The summed E-state index contributed by atoms with van der Waals surface area (Å²) in [6, 6.07) is 10.8. The van der Waals surface area contributed by atoms with Gasteiger partial charge in [0.25, 0.3) is 5.91 Å². The first-order valence-corrected chi connectivity index (χ1v) is 8.24. The zero-order chi connectivity index (χ0) is 17.9. The largest absolute Gasteiger partial charge is 0.479 e. The van der Waals surface area contributed by atoms with Crippen LogP contribution in [0.1, 0.15) is 12.5 Å². The monoisotopic (exact) mass is 366 g/mol. The van der Waals surface area contributed by atoms with Gasteiger partial charge in [-0.15, -0.1) is 0 Å². The van der Waals surface area contributed by atoms with Crippen LogP contribution in [-0.2, 0) is 4.79 Å². The number of carbonyl (C=O) groups is 1. The molecule has 128 valence electrons. The third kappa shape index (κ3) is 4.34. The van der Waals surface area contributed by atoms with E-state index in [0.717, 1.165) is 16.9 Å². The summed E-state index contributed by atoms with van der Waals surface area (Å²) in [5, 5.41) is 3.53. The third-order valence-electron chi connectivity index (χ3n) is 3.54. The number of rotatable bonds is 5. The molecule has 4 nitrogen and oxygen atoms in total. The van der Waals surface area contributed by atoms with Crippen LogP contribution in [0.15, 0.2) is 36.4 Å². The number of anilines is 2. The van der Waals surface area contributed by atoms with Crippen LogP contribution in [0.25, 0.3) is 0 Å². The molecular weight excluding hydrogens is 347 g/mol. The summed E-state index contributed by atoms with van der Waals surface area (Å²) in [7, 11) is 3.95. The number of amides is 1. The van der Waals surface area contributed by atoms with Crippen molar-refractivity contribution in [3.05, 3.63) is 52.0 Å². The molecule has 2 aromatic carbocycles. The Morgan fingerprint density at radius 3 is 2.54 bits per heavy atom. The van der Waals surface area contributed by atoms with Crippen molar-refractivity contribution in [2.75, 3.05) is 24.3 Å². The van der Waals surface area contributed by atoms with Crippen molar-refractivity contribution < 1.29 is 9.53 Å². The Bertz CT molecular complexity index is 748. The van der Waals surface area contributed by atoms with Gasteiger partial charge < -0.3 is 15.0 Å². The number of benzene rings is 2. The Balaban J connectivity index is 2.06. The minimum atomic E-state index is -0.713. The van der Waals surface area contributed by atoms with Gasteiger partial charge >= 0.3 is 0 Å². The molecule has 0 saturated carbocycles. The molecule has 0 heterocycles. The van der Waals surface area contributed by atoms with Crippen molar-refractivity contribution >= 4 is 40.5 Å². The van der Waals surface area contributed by atoms with Crippen LogP contribution in [0.3, 0.4) is 0 Å². The Morgan fingerprint density at radius 1 is 1.21 bits per heavy atom. The molecule has 24 heavy (non-hydrogen) atoms. The number of ether oxygens (including phenoxy) is 1. The number of hydrogen-bond donors (Lipinski definition) is 1. The number of halogens is 2. The van der Waals surface area contributed by atoms with Crippen LogP contribution in [-0.4, -0.2) is 26.1 Å². The van der Waals surface area contributed by atoms with Gasteiger partial charge in [0, 0.05) is 25.5 Å². The molecule has 0 saturated heterocycles. The van der Waals surface area contributed by atoms with E-state index in [1.54, 1.807) is 25.1 Å². The van der Waals surface area contributed by atoms with Crippen molar-refractivity contribution in [3.8, 4) is 5.75 Å². The fraction of sp³-hybridized carbons (Fsp3) is 0.278. The summed E-state index contributed by atoms with van der Waals surface area (Å²) >= 11 is 12.0. The van der Waals surface area contributed by atoms with Crippen molar-refractivity contribution in [1.29, 1.82) is 0 Å². The van der Waals surface area contributed by atoms with Crippen LogP contribution >= 0.6 is 23.2 Å². The molecule has 0 aliphatic rings. The Labute approximate surface area is 152 Å².